The molecule has 1 aromatic carbocycles. The predicted molar refractivity (Wildman–Crippen MR) is 80.1 cm³/mol. The molecule has 3 heteroatoms. The van der Waals surface area contributed by atoms with Crippen LogP contribution in [0.5, 0.6) is 0 Å². The highest BCUT2D eigenvalue weighted by Gasteiger charge is 2.36. The second-order valence-electron chi connectivity index (χ2n) is 6.21. The van der Waals surface area contributed by atoms with Crippen LogP contribution >= 0.6 is 0 Å². The molecule has 3 rings (SSSR count). The van der Waals surface area contributed by atoms with Gasteiger partial charge in [0.15, 0.2) is 0 Å². The summed E-state index contributed by atoms with van der Waals surface area (Å²) in [5, 5.41) is 10.3. The van der Waals surface area contributed by atoms with Crippen LogP contribution in [0, 0.1) is 0 Å². The largest absolute Gasteiger partial charge is 0.481 e. The minimum absolute atomic E-state index is 0.0141. The molecule has 1 aliphatic rings. The molecule has 3 nitrogen and oxygen atoms in total. The Morgan fingerprint density at radius 2 is 2.15 bits per heavy atom. The van der Waals surface area contributed by atoms with Crippen LogP contribution in [0.2, 0.25) is 0 Å². The highest BCUT2D eigenvalue weighted by atomic mass is 16.4. The third kappa shape index (κ3) is 1.92. The summed E-state index contributed by atoms with van der Waals surface area (Å²) in [5.74, 6) is -0.697. The first-order chi connectivity index (χ1) is 9.53. The van der Waals surface area contributed by atoms with Crippen LogP contribution in [0.1, 0.15) is 43.9 Å². The Morgan fingerprint density at radius 3 is 2.90 bits per heavy atom. The first-order valence-corrected chi connectivity index (χ1v) is 7.31. The van der Waals surface area contributed by atoms with Gasteiger partial charge < -0.3 is 9.67 Å². The number of rotatable bonds is 3. The van der Waals surface area contributed by atoms with Crippen molar-refractivity contribution in [1.29, 1.82) is 0 Å². The van der Waals surface area contributed by atoms with E-state index in [4.69, 9.17) is 5.11 Å². The Balaban J connectivity index is 2.15. The topological polar surface area (TPSA) is 42.2 Å². The van der Waals surface area contributed by atoms with Crippen molar-refractivity contribution in [3.8, 4) is 0 Å². The third-order valence-corrected chi connectivity index (χ3v) is 4.83. The number of aryl methyl sites for hydroxylation is 2. The number of carboxylic acids is 1. The quantitative estimate of drug-likeness (QED) is 0.926. The zero-order valence-corrected chi connectivity index (χ0v) is 12.1. The van der Waals surface area contributed by atoms with Gasteiger partial charge in [-0.15, -0.1) is 0 Å². The summed E-state index contributed by atoms with van der Waals surface area (Å²) >= 11 is 0. The van der Waals surface area contributed by atoms with E-state index in [1.165, 1.54) is 22.2 Å². The van der Waals surface area contributed by atoms with E-state index in [-0.39, 0.29) is 11.8 Å². The number of nitrogens with zero attached hydrogens (tertiary/aromatic N) is 1. The lowest BCUT2D eigenvalue weighted by molar-refractivity contribution is -0.137. The summed E-state index contributed by atoms with van der Waals surface area (Å²) in [6.45, 7) is 2.23. The smallest absolute Gasteiger partial charge is 0.303 e. The highest BCUT2D eigenvalue weighted by molar-refractivity contribution is 5.86. The number of fused-ring (bicyclic) bond motifs is 3. The Morgan fingerprint density at radius 1 is 1.40 bits per heavy atom. The summed E-state index contributed by atoms with van der Waals surface area (Å²) in [5.41, 5.74) is 4.04. The van der Waals surface area contributed by atoms with Gasteiger partial charge in [0.2, 0.25) is 0 Å². The van der Waals surface area contributed by atoms with E-state index < -0.39 is 5.97 Å². The Kier molecular flexibility index (Phi) is 3.08. The molecule has 0 aliphatic heterocycles. The molecule has 20 heavy (non-hydrogen) atoms. The van der Waals surface area contributed by atoms with Crippen molar-refractivity contribution in [3.63, 3.8) is 0 Å². The summed E-state index contributed by atoms with van der Waals surface area (Å²) in [6, 6.07) is 8.51. The van der Waals surface area contributed by atoms with E-state index >= 15 is 0 Å². The average molecular weight is 271 g/mol. The molecule has 0 saturated heterocycles. The van der Waals surface area contributed by atoms with Gasteiger partial charge in [-0.1, -0.05) is 25.1 Å². The first-order valence-electron chi connectivity index (χ1n) is 7.31. The molecule has 0 fully saturated rings. The van der Waals surface area contributed by atoms with Crippen LogP contribution < -0.4 is 0 Å². The maximum Gasteiger partial charge on any atom is 0.303 e. The van der Waals surface area contributed by atoms with Crippen LogP contribution in [0.15, 0.2) is 24.3 Å². The zero-order chi connectivity index (χ0) is 14.3. The number of hydrogen-bond acceptors (Lipinski definition) is 1. The Hall–Kier alpha value is -1.77. The van der Waals surface area contributed by atoms with Gasteiger partial charge >= 0.3 is 5.97 Å². The fourth-order valence-corrected chi connectivity index (χ4v) is 3.89. The second kappa shape index (κ2) is 4.65. The fourth-order valence-electron chi connectivity index (χ4n) is 3.89. The van der Waals surface area contributed by atoms with E-state index in [1.807, 2.05) is 0 Å². The highest BCUT2D eigenvalue weighted by Crippen LogP contribution is 2.44. The lowest BCUT2D eigenvalue weighted by Gasteiger charge is -2.35. The minimum Gasteiger partial charge on any atom is -0.481 e. The summed E-state index contributed by atoms with van der Waals surface area (Å²) in [4.78, 5) is 10.9. The van der Waals surface area contributed by atoms with Gasteiger partial charge in [0.25, 0.3) is 0 Å². The lowest BCUT2D eigenvalue weighted by atomic mass is 9.71. The van der Waals surface area contributed by atoms with Gasteiger partial charge in [0.1, 0.15) is 0 Å². The Bertz CT molecular complexity index is 671. The predicted octanol–water partition coefficient (Wildman–Crippen LogP) is 3.64. The maximum atomic E-state index is 10.9. The molecule has 0 spiro atoms. The molecule has 0 radical (unpaired) electrons. The molecule has 2 aromatic rings. The van der Waals surface area contributed by atoms with Gasteiger partial charge in [-0.05, 0) is 37.3 Å². The standard InChI is InChI=1S/C17H21NO2/c1-17(11-9-15(19)20)10-5-7-13-12-6-3-4-8-14(12)18(2)16(13)17/h3-4,6,8H,5,7,9-11H2,1-2H3,(H,19,20)/t17-/m1/s1. The van der Waals surface area contributed by atoms with Crippen LogP contribution in [-0.2, 0) is 23.7 Å². The molecular formula is C17H21NO2. The van der Waals surface area contributed by atoms with E-state index in [2.05, 4.69) is 42.8 Å². The van der Waals surface area contributed by atoms with Crippen molar-refractivity contribution in [2.24, 2.45) is 7.05 Å². The van der Waals surface area contributed by atoms with Crippen molar-refractivity contribution < 1.29 is 9.90 Å². The molecule has 1 aliphatic carbocycles. The zero-order valence-electron chi connectivity index (χ0n) is 12.1. The van der Waals surface area contributed by atoms with Crippen LogP contribution in [0.4, 0.5) is 0 Å². The molecule has 0 unspecified atom stereocenters. The van der Waals surface area contributed by atoms with Gasteiger partial charge in [0, 0.05) is 35.5 Å². The number of benzene rings is 1. The molecular weight excluding hydrogens is 250 g/mol. The molecule has 106 valence electrons. The minimum atomic E-state index is -0.697. The van der Waals surface area contributed by atoms with Gasteiger partial charge in [-0.25, -0.2) is 0 Å². The number of carboxylic acid groups (broad SMARTS) is 1. The summed E-state index contributed by atoms with van der Waals surface area (Å²) in [6.07, 6.45) is 4.31. The van der Waals surface area contributed by atoms with Crippen molar-refractivity contribution >= 4 is 16.9 Å². The van der Waals surface area contributed by atoms with Crippen molar-refractivity contribution in [2.75, 3.05) is 0 Å². The molecule has 0 amide bonds. The lowest BCUT2D eigenvalue weighted by Crippen LogP contribution is -2.30. The van der Waals surface area contributed by atoms with Gasteiger partial charge in [-0.3, -0.25) is 4.79 Å². The number of carbonyl (C=O) groups is 1. The van der Waals surface area contributed by atoms with Crippen molar-refractivity contribution in [2.45, 2.75) is 44.4 Å². The SMILES string of the molecule is Cn1c2c(c3ccccc31)CCC[C@]2(C)CCC(=O)O. The molecule has 0 bridgehead atoms. The number of hydrogen-bond donors (Lipinski definition) is 1. The maximum absolute atomic E-state index is 10.9. The van der Waals surface area contributed by atoms with E-state index in [0.29, 0.717) is 0 Å². The van der Waals surface area contributed by atoms with Crippen LogP contribution in [-0.4, -0.2) is 15.6 Å². The third-order valence-electron chi connectivity index (χ3n) is 4.83. The first kappa shape index (κ1) is 13.2. The monoisotopic (exact) mass is 271 g/mol. The summed E-state index contributed by atoms with van der Waals surface area (Å²) < 4.78 is 2.28. The van der Waals surface area contributed by atoms with Crippen LogP contribution in [0.3, 0.4) is 0 Å². The van der Waals surface area contributed by atoms with Crippen LogP contribution in [0.25, 0.3) is 10.9 Å². The molecule has 0 saturated carbocycles. The van der Waals surface area contributed by atoms with Crippen molar-refractivity contribution in [3.05, 3.63) is 35.5 Å². The van der Waals surface area contributed by atoms with E-state index in [0.717, 1.165) is 25.7 Å². The average Bonchev–Trinajstić information content (AvgIpc) is 2.73. The normalized spacial score (nSPS) is 21.9. The molecule has 1 heterocycles. The van der Waals surface area contributed by atoms with E-state index in [9.17, 15) is 4.79 Å². The number of aliphatic carboxylic acids is 1. The molecule has 1 N–H and O–H groups in total. The fraction of sp³-hybridized carbons (Fsp3) is 0.471. The van der Waals surface area contributed by atoms with E-state index in [1.54, 1.807) is 0 Å². The van der Waals surface area contributed by atoms with Gasteiger partial charge in [-0.2, -0.15) is 0 Å². The number of para-hydroxylation sites is 1. The molecule has 1 aromatic heterocycles. The number of aromatic nitrogens is 1. The summed E-state index contributed by atoms with van der Waals surface area (Å²) in [7, 11) is 2.12. The second-order valence-corrected chi connectivity index (χ2v) is 6.21. The van der Waals surface area contributed by atoms with Gasteiger partial charge in [0.05, 0.1) is 0 Å². The molecule has 1 atom stereocenters. The van der Waals surface area contributed by atoms with Crippen molar-refractivity contribution in [1.82, 2.24) is 4.57 Å². The Labute approximate surface area is 119 Å².